The van der Waals surface area contributed by atoms with Crippen LogP contribution in [-0.4, -0.2) is 28.2 Å². The van der Waals surface area contributed by atoms with Gasteiger partial charge in [0, 0.05) is 12.7 Å². The van der Waals surface area contributed by atoms with Gasteiger partial charge < -0.3 is 10.3 Å². The minimum absolute atomic E-state index is 0.282. The molecule has 1 aromatic heterocycles. The molecule has 0 atom stereocenters. The minimum atomic E-state index is -1.92. The molecule has 0 amide bonds. The van der Waals surface area contributed by atoms with Crippen LogP contribution in [0, 0.1) is 0 Å². The summed E-state index contributed by atoms with van der Waals surface area (Å²) >= 11 is 16.5. The van der Waals surface area contributed by atoms with Crippen LogP contribution in [-0.2, 0) is 0 Å². The molecule has 0 unspecified atom stereocenters. The molecule has 16 heavy (non-hydrogen) atoms. The van der Waals surface area contributed by atoms with Crippen LogP contribution in [0.25, 0.3) is 6.08 Å². The van der Waals surface area contributed by atoms with Crippen molar-refractivity contribution < 1.29 is 4.79 Å². The van der Waals surface area contributed by atoms with Crippen LogP contribution in [0.4, 0.5) is 0 Å². The standard InChI is InChI=1S/C10H11Cl3N2O/c1-14-4-2-3-7-5-8(15-6-7)9(16)10(11,12)13/h2-3,5-6,14-15H,4H2,1H3. The minimum Gasteiger partial charge on any atom is -0.358 e. The number of H-pyrrole nitrogens is 1. The van der Waals surface area contributed by atoms with Crippen LogP contribution in [0.15, 0.2) is 18.3 Å². The molecule has 0 aliphatic rings. The van der Waals surface area contributed by atoms with E-state index in [1.165, 1.54) is 0 Å². The van der Waals surface area contributed by atoms with Crippen LogP contribution in [0.2, 0.25) is 0 Å². The van der Waals surface area contributed by atoms with Gasteiger partial charge in [-0.3, -0.25) is 4.79 Å². The molecule has 0 aliphatic carbocycles. The van der Waals surface area contributed by atoms with Gasteiger partial charge in [0.25, 0.3) is 3.79 Å². The molecule has 0 bridgehead atoms. The number of carbonyl (C=O) groups excluding carboxylic acids is 1. The Bertz CT molecular complexity index is 393. The Balaban J connectivity index is 2.76. The zero-order valence-corrected chi connectivity index (χ0v) is 10.8. The number of halogens is 3. The van der Waals surface area contributed by atoms with Crippen molar-refractivity contribution in [3.63, 3.8) is 0 Å². The van der Waals surface area contributed by atoms with Crippen molar-refractivity contribution in [1.82, 2.24) is 10.3 Å². The number of likely N-dealkylation sites (N-methyl/N-ethyl adjacent to an activating group) is 1. The molecular weight excluding hydrogens is 270 g/mol. The summed E-state index contributed by atoms with van der Waals surface area (Å²) in [5.41, 5.74) is 1.14. The largest absolute Gasteiger partial charge is 0.358 e. The van der Waals surface area contributed by atoms with Crippen molar-refractivity contribution in [2.24, 2.45) is 0 Å². The summed E-state index contributed by atoms with van der Waals surface area (Å²) in [5, 5.41) is 2.96. The van der Waals surface area contributed by atoms with Gasteiger partial charge in [-0.1, -0.05) is 47.0 Å². The molecule has 0 radical (unpaired) electrons. The van der Waals surface area contributed by atoms with Gasteiger partial charge in [0.15, 0.2) is 0 Å². The first-order valence-corrected chi connectivity index (χ1v) is 5.69. The van der Waals surface area contributed by atoms with Crippen molar-refractivity contribution in [2.75, 3.05) is 13.6 Å². The third-order valence-corrected chi connectivity index (χ3v) is 2.35. The molecule has 0 spiro atoms. The summed E-state index contributed by atoms with van der Waals surface area (Å²) in [4.78, 5) is 14.3. The molecule has 0 aromatic carbocycles. The third kappa shape index (κ3) is 3.83. The van der Waals surface area contributed by atoms with Crippen LogP contribution in [0.1, 0.15) is 16.1 Å². The molecule has 1 aromatic rings. The molecule has 3 nitrogen and oxygen atoms in total. The Hall–Kier alpha value is -0.480. The van der Waals surface area contributed by atoms with Crippen molar-refractivity contribution in [3.05, 3.63) is 29.6 Å². The first-order chi connectivity index (χ1) is 7.45. The molecule has 88 valence electrons. The lowest BCUT2D eigenvalue weighted by Gasteiger charge is -2.06. The Morgan fingerprint density at radius 3 is 2.81 bits per heavy atom. The van der Waals surface area contributed by atoms with Gasteiger partial charge in [0.2, 0.25) is 5.78 Å². The third-order valence-electron chi connectivity index (χ3n) is 1.84. The number of hydrogen-bond acceptors (Lipinski definition) is 2. The summed E-state index contributed by atoms with van der Waals surface area (Å²) in [6.07, 6.45) is 5.46. The Morgan fingerprint density at radius 2 is 2.25 bits per heavy atom. The van der Waals surface area contributed by atoms with Crippen LogP contribution in [0.3, 0.4) is 0 Å². The van der Waals surface area contributed by atoms with Crippen molar-refractivity contribution in [3.8, 4) is 0 Å². The highest BCUT2D eigenvalue weighted by molar-refractivity contribution is 6.77. The summed E-state index contributed by atoms with van der Waals surface area (Å²) in [7, 11) is 1.85. The van der Waals surface area contributed by atoms with Crippen molar-refractivity contribution in [1.29, 1.82) is 0 Å². The predicted octanol–water partition coefficient (Wildman–Crippen LogP) is 2.80. The number of nitrogens with one attached hydrogen (secondary N) is 2. The summed E-state index contributed by atoms with van der Waals surface area (Å²) < 4.78 is -1.92. The monoisotopic (exact) mass is 280 g/mol. The van der Waals surface area contributed by atoms with E-state index >= 15 is 0 Å². The molecule has 0 fully saturated rings. The molecule has 2 N–H and O–H groups in total. The number of aromatic amines is 1. The van der Waals surface area contributed by atoms with Gasteiger partial charge in [-0.25, -0.2) is 0 Å². The second-order valence-electron chi connectivity index (χ2n) is 3.13. The fourth-order valence-electron chi connectivity index (χ4n) is 1.10. The van der Waals surface area contributed by atoms with E-state index < -0.39 is 9.58 Å². The molecular formula is C10H11Cl3N2O. The molecule has 0 aliphatic heterocycles. The van der Waals surface area contributed by atoms with Crippen molar-refractivity contribution >= 4 is 46.7 Å². The molecule has 0 saturated carbocycles. The number of rotatable bonds is 4. The zero-order valence-electron chi connectivity index (χ0n) is 8.56. The zero-order chi connectivity index (χ0) is 12.2. The second kappa shape index (κ2) is 5.73. The van der Waals surface area contributed by atoms with E-state index in [9.17, 15) is 4.79 Å². The Labute approximate surface area is 109 Å². The van der Waals surface area contributed by atoms with Gasteiger partial charge in [-0.05, 0) is 18.7 Å². The number of ketones is 1. The van der Waals surface area contributed by atoms with Gasteiger partial charge in [-0.2, -0.15) is 0 Å². The quantitative estimate of drug-likeness (QED) is 0.658. The average molecular weight is 282 g/mol. The first-order valence-electron chi connectivity index (χ1n) is 4.56. The second-order valence-corrected chi connectivity index (χ2v) is 5.41. The van der Waals surface area contributed by atoms with Crippen LogP contribution < -0.4 is 5.32 Å². The van der Waals surface area contributed by atoms with E-state index in [0.717, 1.165) is 12.1 Å². The Morgan fingerprint density at radius 1 is 1.56 bits per heavy atom. The van der Waals surface area contributed by atoms with Crippen LogP contribution in [0.5, 0.6) is 0 Å². The van der Waals surface area contributed by atoms with E-state index in [-0.39, 0.29) is 5.69 Å². The number of hydrogen-bond donors (Lipinski definition) is 2. The number of alkyl halides is 3. The molecule has 0 saturated heterocycles. The summed E-state index contributed by atoms with van der Waals surface area (Å²) in [5.74, 6) is -0.564. The fourth-order valence-corrected chi connectivity index (χ4v) is 1.41. The lowest BCUT2D eigenvalue weighted by atomic mass is 10.2. The maximum absolute atomic E-state index is 11.5. The predicted molar refractivity (Wildman–Crippen MR) is 68.4 cm³/mol. The normalized spacial score (nSPS) is 12.2. The Kier molecular flexibility index (Phi) is 4.87. The highest BCUT2D eigenvalue weighted by Gasteiger charge is 2.32. The topological polar surface area (TPSA) is 44.9 Å². The molecule has 1 heterocycles. The fraction of sp³-hybridized carbons (Fsp3) is 0.300. The van der Waals surface area contributed by atoms with E-state index in [4.69, 9.17) is 34.8 Å². The molecule has 1 rings (SSSR count). The number of aromatic nitrogens is 1. The smallest absolute Gasteiger partial charge is 0.254 e. The van der Waals surface area contributed by atoms with E-state index in [0.29, 0.717) is 0 Å². The van der Waals surface area contributed by atoms with E-state index in [2.05, 4.69) is 10.3 Å². The van der Waals surface area contributed by atoms with E-state index in [1.807, 2.05) is 19.2 Å². The number of Topliss-reactive ketones (excluding diaryl/α,β-unsaturated/α-hetero) is 1. The highest BCUT2D eigenvalue weighted by atomic mass is 35.6. The van der Waals surface area contributed by atoms with E-state index in [1.54, 1.807) is 12.3 Å². The first kappa shape index (κ1) is 13.6. The van der Waals surface area contributed by atoms with Crippen LogP contribution >= 0.6 is 34.8 Å². The summed E-state index contributed by atoms with van der Waals surface area (Å²) in [6.45, 7) is 0.749. The van der Waals surface area contributed by atoms with Gasteiger partial charge in [0.05, 0.1) is 5.69 Å². The number of carbonyl (C=O) groups is 1. The van der Waals surface area contributed by atoms with Gasteiger partial charge in [0.1, 0.15) is 0 Å². The van der Waals surface area contributed by atoms with Gasteiger partial charge in [-0.15, -0.1) is 0 Å². The summed E-state index contributed by atoms with van der Waals surface area (Å²) in [6, 6.07) is 1.64. The van der Waals surface area contributed by atoms with Gasteiger partial charge >= 0.3 is 0 Å². The maximum atomic E-state index is 11.5. The SMILES string of the molecule is CNCC=Cc1c[nH]c(C(=O)C(Cl)(Cl)Cl)c1. The lowest BCUT2D eigenvalue weighted by Crippen LogP contribution is -2.19. The lowest BCUT2D eigenvalue weighted by molar-refractivity contribution is 0.0992. The maximum Gasteiger partial charge on any atom is 0.254 e. The van der Waals surface area contributed by atoms with Crippen molar-refractivity contribution in [2.45, 2.75) is 3.79 Å². The average Bonchev–Trinajstić information content (AvgIpc) is 2.64. The highest BCUT2D eigenvalue weighted by Crippen LogP contribution is 2.30. The molecule has 6 heteroatoms.